The highest BCUT2D eigenvalue weighted by atomic mass is 32.2. The van der Waals surface area contributed by atoms with Crippen LogP contribution < -0.4 is 20.8 Å². The molecule has 1 aliphatic rings. The van der Waals surface area contributed by atoms with Crippen LogP contribution in [-0.2, 0) is 23.2 Å². The van der Waals surface area contributed by atoms with E-state index in [4.69, 9.17) is 5.14 Å². The lowest BCUT2D eigenvalue weighted by molar-refractivity contribution is 0.221. The van der Waals surface area contributed by atoms with E-state index in [-0.39, 0.29) is 17.8 Å². The Morgan fingerprint density at radius 2 is 2.00 bits per heavy atom. The number of anilines is 2. The molecule has 0 bridgehead atoms. The third kappa shape index (κ3) is 3.87. The van der Waals surface area contributed by atoms with E-state index >= 15 is 0 Å². The van der Waals surface area contributed by atoms with Gasteiger partial charge in [-0.15, -0.1) is 4.83 Å². The molecule has 1 aromatic carbocycles. The van der Waals surface area contributed by atoms with Crippen LogP contribution in [0, 0.1) is 5.82 Å². The van der Waals surface area contributed by atoms with E-state index in [1.807, 2.05) is 0 Å². The van der Waals surface area contributed by atoms with Gasteiger partial charge in [0.25, 0.3) is 10.2 Å². The molecule has 11 heteroatoms. The first-order valence-electron chi connectivity index (χ1n) is 8.40. The summed E-state index contributed by atoms with van der Waals surface area (Å²) in [6.07, 6.45) is 2.05. The number of nitrogens with one attached hydrogen (secondary N) is 3. The van der Waals surface area contributed by atoms with Crippen molar-refractivity contribution < 1.29 is 12.8 Å². The average Bonchev–Trinajstić information content (AvgIpc) is 2.61. The summed E-state index contributed by atoms with van der Waals surface area (Å²) in [5.41, 5.74) is 2.60. The number of nitrogens with two attached hydrogens (primary N) is 1. The SMILES string of the molecule is NS(=O)(=O)NN1CCc2cc(Nc3ccnc4[nH]c(=O)ccc34)c(F)cc2C1. The number of hydrogen-bond acceptors (Lipinski definition) is 6. The van der Waals surface area contributed by atoms with E-state index in [2.05, 4.69) is 20.1 Å². The number of nitrogens with zero attached hydrogens (tertiary/aromatic N) is 2. The molecular weight excluding hydrogens is 387 g/mol. The smallest absolute Gasteiger partial charge is 0.287 e. The van der Waals surface area contributed by atoms with Crippen molar-refractivity contribution in [3.8, 4) is 0 Å². The minimum Gasteiger partial charge on any atom is -0.352 e. The first-order valence-corrected chi connectivity index (χ1v) is 9.94. The zero-order chi connectivity index (χ0) is 19.9. The van der Waals surface area contributed by atoms with Gasteiger partial charge in [-0.05, 0) is 41.8 Å². The summed E-state index contributed by atoms with van der Waals surface area (Å²) in [6.45, 7) is 0.621. The summed E-state index contributed by atoms with van der Waals surface area (Å²) in [5, 5.41) is 10.1. The van der Waals surface area contributed by atoms with Gasteiger partial charge < -0.3 is 10.3 Å². The summed E-state index contributed by atoms with van der Waals surface area (Å²) < 4.78 is 37.0. The number of hydrazine groups is 1. The van der Waals surface area contributed by atoms with Crippen LogP contribution in [0.5, 0.6) is 0 Å². The Morgan fingerprint density at radius 1 is 1.18 bits per heavy atom. The van der Waals surface area contributed by atoms with Gasteiger partial charge in [0, 0.05) is 30.7 Å². The van der Waals surface area contributed by atoms with E-state index < -0.39 is 16.0 Å². The molecule has 146 valence electrons. The molecule has 4 rings (SSSR count). The van der Waals surface area contributed by atoms with Gasteiger partial charge >= 0.3 is 0 Å². The predicted molar refractivity (Wildman–Crippen MR) is 102 cm³/mol. The molecule has 28 heavy (non-hydrogen) atoms. The number of aromatic nitrogens is 2. The van der Waals surface area contributed by atoms with Gasteiger partial charge in [-0.25, -0.2) is 19.5 Å². The first-order chi connectivity index (χ1) is 13.3. The molecule has 3 heterocycles. The maximum absolute atomic E-state index is 14.7. The van der Waals surface area contributed by atoms with Gasteiger partial charge in [-0.2, -0.15) is 8.42 Å². The van der Waals surface area contributed by atoms with Gasteiger partial charge in [0.2, 0.25) is 5.56 Å². The molecular formula is C17H17FN6O3S. The predicted octanol–water partition coefficient (Wildman–Crippen LogP) is 0.872. The van der Waals surface area contributed by atoms with E-state index in [9.17, 15) is 17.6 Å². The topological polar surface area (TPSA) is 133 Å². The standard InChI is InChI=1S/C17H17FN6O3S/c18-13-7-11-9-24(23-28(19,26)27)6-4-10(11)8-15(13)21-14-3-5-20-17-12(14)1-2-16(25)22-17/h1-3,5,7-8,23H,4,6,9H2,(H2,19,26,27)(H2,20,21,22,25). The van der Waals surface area contributed by atoms with Gasteiger partial charge in [-0.1, -0.05) is 0 Å². The molecule has 0 saturated carbocycles. The van der Waals surface area contributed by atoms with E-state index in [1.54, 1.807) is 18.2 Å². The molecule has 0 atom stereocenters. The molecule has 0 unspecified atom stereocenters. The molecule has 0 amide bonds. The summed E-state index contributed by atoms with van der Waals surface area (Å²) in [7, 11) is -3.87. The minimum absolute atomic E-state index is 0.211. The van der Waals surface area contributed by atoms with Crippen molar-refractivity contribution >= 4 is 32.6 Å². The largest absolute Gasteiger partial charge is 0.352 e. The van der Waals surface area contributed by atoms with Crippen LogP contribution in [0.1, 0.15) is 11.1 Å². The third-order valence-corrected chi connectivity index (χ3v) is 4.97. The average molecular weight is 404 g/mol. The molecule has 0 radical (unpaired) electrons. The van der Waals surface area contributed by atoms with E-state index in [0.717, 1.165) is 5.56 Å². The van der Waals surface area contributed by atoms with Crippen molar-refractivity contribution in [1.29, 1.82) is 0 Å². The maximum Gasteiger partial charge on any atom is 0.287 e. The van der Waals surface area contributed by atoms with Gasteiger partial charge in [0.05, 0.1) is 11.4 Å². The number of aromatic amines is 1. The van der Waals surface area contributed by atoms with Crippen molar-refractivity contribution in [3.63, 3.8) is 0 Å². The molecule has 1 aliphatic heterocycles. The number of hydrogen-bond donors (Lipinski definition) is 4. The van der Waals surface area contributed by atoms with Gasteiger partial charge in [0.1, 0.15) is 11.5 Å². The third-order valence-electron chi connectivity index (χ3n) is 4.46. The highest BCUT2D eigenvalue weighted by Gasteiger charge is 2.21. The second kappa shape index (κ2) is 6.95. The zero-order valence-corrected chi connectivity index (χ0v) is 15.4. The summed E-state index contributed by atoms with van der Waals surface area (Å²) >= 11 is 0. The fraction of sp³-hybridized carbons (Fsp3) is 0.176. The van der Waals surface area contributed by atoms with E-state index in [1.165, 1.54) is 23.3 Å². The minimum atomic E-state index is -3.87. The van der Waals surface area contributed by atoms with Gasteiger partial charge in [0.15, 0.2) is 0 Å². The van der Waals surface area contributed by atoms with Crippen molar-refractivity contribution in [3.05, 3.63) is 63.8 Å². The molecule has 5 N–H and O–H groups in total. The summed E-state index contributed by atoms with van der Waals surface area (Å²) in [4.78, 5) is 20.4. The Labute approximate surface area is 159 Å². The normalized spacial score (nSPS) is 14.8. The van der Waals surface area contributed by atoms with Crippen LogP contribution in [0.25, 0.3) is 11.0 Å². The maximum atomic E-state index is 14.7. The molecule has 0 spiro atoms. The second-order valence-corrected chi connectivity index (χ2v) is 7.75. The molecule has 9 nitrogen and oxygen atoms in total. The number of fused-ring (bicyclic) bond motifs is 2. The van der Waals surface area contributed by atoms with Crippen LogP contribution in [0.15, 0.2) is 41.3 Å². The summed E-state index contributed by atoms with van der Waals surface area (Å²) in [5.74, 6) is -0.481. The molecule has 3 aromatic rings. The Morgan fingerprint density at radius 3 is 2.79 bits per heavy atom. The monoisotopic (exact) mass is 404 g/mol. The number of rotatable bonds is 4. The van der Waals surface area contributed by atoms with Gasteiger partial charge in [-0.3, -0.25) is 4.79 Å². The highest BCUT2D eigenvalue weighted by molar-refractivity contribution is 7.87. The Kier molecular flexibility index (Phi) is 4.59. The van der Waals surface area contributed by atoms with Crippen LogP contribution in [0.2, 0.25) is 0 Å². The number of pyridine rings is 2. The number of halogens is 1. The second-order valence-electron chi connectivity index (χ2n) is 6.48. The first kappa shape index (κ1) is 18.5. The molecule has 0 aliphatic carbocycles. The van der Waals surface area contributed by atoms with Crippen LogP contribution in [0.4, 0.5) is 15.8 Å². The molecule has 0 fully saturated rings. The van der Waals surface area contributed by atoms with Crippen molar-refractivity contribution in [2.24, 2.45) is 5.14 Å². The fourth-order valence-electron chi connectivity index (χ4n) is 3.25. The Bertz CT molecular complexity index is 1230. The fourth-order valence-corrected chi connectivity index (χ4v) is 3.76. The van der Waals surface area contributed by atoms with Crippen molar-refractivity contribution in [2.75, 3.05) is 11.9 Å². The van der Waals surface area contributed by atoms with Crippen LogP contribution >= 0.6 is 0 Å². The lowest BCUT2D eigenvalue weighted by Gasteiger charge is -2.28. The van der Waals surface area contributed by atoms with Crippen LogP contribution in [-0.4, -0.2) is 29.9 Å². The highest BCUT2D eigenvalue weighted by Crippen LogP contribution is 2.29. The number of benzene rings is 1. The van der Waals surface area contributed by atoms with E-state index in [0.29, 0.717) is 35.2 Å². The van der Waals surface area contributed by atoms with Crippen molar-refractivity contribution in [2.45, 2.75) is 13.0 Å². The zero-order valence-electron chi connectivity index (χ0n) is 14.6. The molecule has 2 aromatic heterocycles. The lowest BCUT2D eigenvalue weighted by atomic mass is 9.99. The Hall–Kier alpha value is -2.86. The lowest BCUT2D eigenvalue weighted by Crippen LogP contribution is -2.47. The summed E-state index contributed by atoms with van der Waals surface area (Å²) in [6, 6.07) is 7.77. The Balaban J connectivity index is 1.64. The van der Waals surface area contributed by atoms with Crippen LogP contribution in [0.3, 0.4) is 0 Å². The number of H-pyrrole nitrogens is 1. The van der Waals surface area contributed by atoms with Crippen molar-refractivity contribution in [1.82, 2.24) is 19.8 Å². The quantitative estimate of drug-likeness (QED) is 0.510. The molecule has 0 saturated heterocycles.